The van der Waals surface area contributed by atoms with Gasteiger partial charge in [-0.1, -0.05) is 106 Å². The van der Waals surface area contributed by atoms with Crippen LogP contribution in [0.25, 0.3) is 0 Å². The van der Waals surface area contributed by atoms with E-state index in [1.54, 1.807) is 0 Å². The van der Waals surface area contributed by atoms with Crippen LogP contribution in [0.5, 0.6) is 0 Å². The van der Waals surface area contributed by atoms with E-state index in [0.717, 1.165) is 24.2 Å². The van der Waals surface area contributed by atoms with E-state index in [2.05, 4.69) is 112 Å². The van der Waals surface area contributed by atoms with Crippen LogP contribution in [0.3, 0.4) is 0 Å². The Morgan fingerprint density at radius 3 is 1.39 bits per heavy atom. The van der Waals surface area contributed by atoms with Crippen molar-refractivity contribution in [2.75, 3.05) is 18.5 Å². The molecule has 33 heavy (non-hydrogen) atoms. The minimum Gasteiger partial charge on any atom is -0.272 e. The largest absolute Gasteiger partial charge is 0.272 e. The molecule has 0 saturated carbocycles. The average molecular weight is 510 g/mol. The molecule has 0 saturated heterocycles. The van der Waals surface area contributed by atoms with Crippen molar-refractivity contribution < 1.29 is 21.7 Å². The molecular weight excluding hydrogens is 453 g/mol. The number of hydrogen-bond acceptors (Lipinski definition) is 1. The van der Waals surface area contributed by atoms with Crippen molar-refractivity contribution in [2.45, 2.75) is 94.9 Å². The van der Waals surface area contributed by atoms with Crippen molar-refractivity contribution in [3.63, 3.8) is 0 Å². The Bertz CT molecular complexity index is 594. The summed E-state index contributed by atoms with van der Waals surface area (Å²) in [5.74, 6) is 3.71. The summed E-state index contributed by atoms with van der Waals surface area (Å²) in [6.07, 6.45) is 24.5. The van der Waals surface area contributed by atoms with Gasteiger partial charge in [0.1, 0.15) is 0 Å². The maximum Gasteiger partial charge on any atom is 0.0425 e. The first-order chi connectivity index (χ1) is 15.0. The molecule has 190 valence electrons. The Kier molecular flexibility index (Phi) is 21.4. The molecule has 0 fully saturated rings. The van der Waals surface area contributed by atoms with Crippen LogP contribution in [0.15, 0.2) is 53.0 Å². The molecule has 0 aromatic heterocycles. The Hall–Kier alpha value is -0.0957. The first-order valence-corrected chi connectivity index (χ1v) is 15.6. The Morgan fingerprint density at radius 2 is 1.12 bits per heavy atom. The van der Waals surface area contributed by atoms with Crippen molar-refractivity contribution in [1.29, 1.82) is 0 Å². The summed E-state index contributed by atoms with van der Waals surface area (Å²) < 4.78 is 5.43. The zero-order chi connectivity index (χ0) is 24.6. The molecule has 0 aromatic carbocycles. The van der Waals surface area contributed by atoms with Crippen molar-refractivity contribution in [1.82, 2.24) is 0 Å². The fourth-order valence-electron chi connectivity index (χ4n) is 3.34. The first-order valence-electron chi connectivity index (χ1n) is 13.3. The van der Waals surface area contributed by atoms with Gasteiger partial charge in [-0.05, 0) is 80.5 Å². The maximum atomic E-state index is 5.43. The molecule has 0 N–H and O–H groups in total. The minimum atomic E-state index is -1.19. The predicted molar refractivity (Wildman–Crippen MR) is 152 cm³/mol. The first kappa shape index (κ1) is 35.1. The van der Waals surface area contributed by atoms with E-state index in [1.165, 1.54) is 43.4 Å². The second-order valence-corrected chi connectivity index (χ2v) is 15.2. The Balaban J connectivity index is 0. The molecule has 3 heteroatoms. The molecule has 1 aliphatic carbocycles. The van der Waals surface area contributed by atoms with Gasteiger partial charge in [0.2, 0.25) is 0 Å². The van der Waals surface area contributed by atoms with Crippen LogP contribution in [0.4, 0.5) is 0 Å². The standard InChI is InChI=1S/C20H38NP.C10H18.Ti/c1-17(2)11-14-22(15-12-18(3)4,16-13-19(5)6)21-20-9-7-8-10-20;1-9(2)7-5-6-8-10(3)4;/h7-9,17-19H,10-16H2,1-6H3;5-10H,1-4H3;. The van der Waals surface area contributed by atoms with Gasteiger partial charge in [-0.15, -0.1) is 0 Å². The van der Waals surface area contributed by atoms with Crippen LogP contribution in [0, 0.1) is 29.6 Å². The van der Waals surface area contributed by atoms with Gasteiger partial charge >= 0.3 is 0 Å². The predicted octanol–water partition coefficient (Wildman–Crippen LogP) is 10.6. The summed E-state index contributed by atoms with van der Waals surface area (Å²) in [5.41, 5.74) is 1.35. The second kappa shape index (κ2) is 20.1. The van der Waals surface area contributed by atoms with Crippen LogP contribution in [-0.2, 0) is 21.7 Å². The van der Waals surface area contributed by atoms with Gasteiger partial charge in [0, 0.05) is 33.8 Å². The van der Waals surface area contributed by atoms with E-state index in [4.69, 9.17) is 4.74 Å². The van der Waals surface area contributed by atoms with Crippen molar-refractivity contribution in [3.05, 3.63) is 48.2 Å². The van der Waals surface area contributed by atoms with Gasteiger partial charge in [0.15, 0.2) is 0 Å². The molecular formula is C30H56NPTi. The summed E-state index contributed by atoms with van der Waals surface area (Å²) in [5, 5.41) is 0. The third-order valence-corrected chi connectivity index (χ3v) is 9.52. The smallest absolute Gasteiger partial charge is 0.0425 e. The third kappa shape index (κ3) is 20.9. The van der Waals surface area contributed by atoms with Gasteiger partial charge in [-0.3, -0.25) is 4.74 Å². The zero-order valence-corrected chi connectivity index (χ0v) is 26.2. The molecule has 0 radical (unpaired) electrons. The minimum absolute atomic E-state index is 0. The van der Waals surface area contributed by atoms with Crippen molar-refractivity contribution >= 4 is 7.05 Å². The fraction of sp³-hybridized carbons (Fsp3) is 0.733. The monoisotopic (exact) mass is 509 g/mol. The van der Waals surface area contributed by atoms with Crippen LogP contribution >= 0.6 is 7.05 Å². The normalized spacial score (nSPS) is 14.1. The number of hydrogen-bond donors (Lipinski definition) is 0. The fourth-order valence-corrected chi connectivity index (χ4v) is 7.99. The molecule has 0 aromatic rings. The Labute approximate surface area is 224 Å². The van der Waals surface area contributed by atoms with Crippen molar-refractivity contribution in [2.24, 2.45) is 34.3 Å². The van der Waals surface area contributed by atoms with Gasteiger partial charge in [0.05, 0.1) is 0 Å². The van der Waals surface area contributed by atoms with Crippen LogP contribution in [-0.4, -0.2) is 18.5 Å². The molecule has 1 aliphatic rings. The average Bonchev–Trinajstić information content (AvgIpc) is 3.19. The molecule has 0 heterocycles. The molecule has 0 spiro atoms. The van der Waals surface area contributed by atoms with E-state index in [0.29, 0.717) is 11.8 Å². The SMILES string of the molecule is CC(C)C=CC=CC(C)C.CC(C)CCP(CCC(C)C)(CCC(C)C)=NC1=CC=CC1.[Ti]. The van der Waals surface area contributed by atoms with E-state index in [-0.39, 0.29) is 21.7 Å². The summed E-state index contributed by atoms with van der Waals surface area (Å²) in [6, 6.07) is 0. The van der Waals surface area contributed by atoms with E-state index < -0.39 is 7.05 Å². The molecule has 1 nitrogen and oxygen atoms in total. The second-order valence-electron chi connectivity index (χ2n) is 11.5. The summed E-state index contributed by atoms with van der Waals surface area (Å²) in [4.78, 5) is 0. The summed E-state index contributed by atoms with van der Waals surface area (Å²) >= 11 is 0. The van der Waals surface area contributed by atoms with E-state index in [9.17, 15) is 0 Å². The van der Waals surface area contributed by atoms with Gasteiger partial charge < -0.3 is 0 Å². The van der Waals surface area contributed by atoms with Gasteiger partial charge in [-0.25, -0.2) is 0 Å². The molecule has 1 rings (SSSR count). The molecule has 0 aliphatic heterocycles. The number of allylic oxidation sites excluding steroid dienone is 7. The van der Waals surface area contributed by atoms with Crippen LogP contribution in [0.2, 0.25) is 0 Å². The molecule has 0 amide bonds. The Morgan fingerprint density at radius 1 is 0.727 bits per heavy atom. The summed E-state index contributed by atoms with van der Waals surface area (Å²) in [7, 11) is -1.19. The number of nitrogens with zero attached hydrogens (tertiary/aromatic N) is 1. The topological polar surface area (TPSA) is 12.4 Å². The van der Waals surface area contributed by atoms with E-state index in [1.807, 2.05) is 0 Å². The third-order valence-electron chi connectivity index (χ3n) is 5.56. The molecule has 0 unspecified atom stereocenters. The van der Waals surface area contributed by atoms with Crippen LogP contribution in [0.1, 0.15) is 94.9 Å². The molecule has 0 bridgehead atoms. The van der Waals surface area contributed by atoms with Gasteiger partial charge in [0.25, 0.3) is 0 Å². The quantitative estimate of drug-likeness (QED) is 0.133. The maximum absolute atomic E-state index is 5.43. The van der Waals surface area contributed by atoms with Crippen molar-refractivity contribution in [3.8, 4) is 0 Å². The number of rotatable bonds is 13. The van der Waals surface area contributed by atoms with E-state index >= 15 is 0 Å². The zero-order valence-electron chi connectivity index (χ0n) is 23.8. The summed E-state index contributed by atoms with van der Waals surface area (Å²) in [6.45, 7) is 22.9. The van der Waals surface area contributed by atoms with Gasteiger partial charge in [-0.2, -0.15) is 0 Å². The molecule has 0 atom stereocenters. The van der Waals surface area contributed by atoms with Crippen LogP contribution < -0.4 is 0 Å².